The lowest BCUT2D eigenvalue weighted by molar-refractivity contribution is 1.03. The number of anilines is 1. The summed E-state index contributed by atoms with van der Waals surface area (Å²) in [6, 6.07) is 10.2. The van der Waals surface area contributed by atoms with E-state index in [1.54, 1.807) is 17.5 Å². The Morgan fingerprint density at radius 1 is 1.14 bits per heavy atom. The number of hydrogen-bond acceptors (Lipinski definition) is 4. The number of aromatic nitrogens is 2. The molecule has 0 unspecified atom stereocenters. The third-order valence-electron chi connectivity index (χ3n) is 2.89. The fourth-order valence-corrected chi connectivity index (χ4v) is 3.65. The first-order valence-corrected chi connectivity index (χ1v) is 8.72. The van der Waals surface area contributed by atoms with E-state index in [1.165, 1.54) is 0 Å². The Balaban J connectivity index is 1.75. The molecule has 0 aliphatic heterocycles. The van der Waals surface area contributed by atoms with Crippen molar-refractivity contribution >= 4 is 48.9 Å². The van der Waals surface area contributed by atoms with Crippen molar-refractivity contribution < 1.29 is 0 Å². The van der Waals surface area contributed by atoms with Gasteiger partial charge in [-0.1, -0.05) is 12.1 Å². The third-order valence-corrected chi connectivity index (χ3v) is 4.83. The zero-order chi connectivity index (χ0) is 14.7. The number of benzene rings is 1. The molecule has 0 saturated heterocycles. The Hall–Kier alpha value is -1.24. The number of thiazole rings is 1. The first-order chi connectivity index (χ1) is 10.2. The lowest BCUT2D eigenvalue weighted by atomic mass is 10.2. The van der Waals surface area contributed by atoms with Gasteiger partial charge in [0, 0.05) is 38.0 Å². The molecule has 2 aromatic heterocycles. The highest BCUT2D eigenvalue weighted by Gasteiger charge is 2.04. The minimum atomic E-state index is 0.662. The molecular formula is C15H11Br2N3S. The van der Waals surface area contributed by atoms with Crippen molar-refractivity contribution in [1.82, 2.24) is 9.97 Å². The summed E-state index contributed by atoms with van der Waals surface area (Å²) in [5.74, 6) is 0. The highest BCUT2D eigenvalue weighted by Crippen LogP contribution is 2.25. The van der Waals surface area contributed by atoms with Crippen LogP contribution in [-0.2, 0) is 6.54 Å². The topological polar surface area (TPSA) is 37.8 Å². The Morgan fingerprint density at radius 3 is 2.81 bits per heavy atom. The largest absolute Gasteiger partial charge is 0.379 e. The molecule has 106 valence electrons. The van der Waals surface area contributed by atoms with Crippen molar-refractivity contribution in [2.45, 2.75) is 6.54 Å². The summed E-state index contributed by atoms with van der Waals surface area (Å²) in [4.78, 5) is 8.73. The number of nitrogens with zero attached hydrogens (tertiary/aromatic N) is 2. The van der Waals surface area contributed by atoms with Crippen molar-refractivity contribution in [3.8, 4) is 10.6 Å². The second-order valence-corrected chi connectivity index (χ2v) is 7.02. The SMILES string of the molecule is Brc1cnc(CNc2cccc(-c3nccs3)c2)c(Br)c1. The van der Waals surface area contributed by atoms with Crippen LogP contribution in [0.25, 0.3) is 10.6 Å². The average Bonchev–Trinajstić information content (AvgIpc) is 3.01. The van der Waals surface area contributed by atoms with E-state index in [4.69, 9.17) is 0 Å². The molecule has 3 nitrogen and oxygen atoms in total. The van der Waals surface area contributed by atoms with Gasteiger partial charge in [0.05, 0.1) is 12.2 Å². The van der Waals surface area contributed by atoms with Crippen molar-refractivity contribution in [3.63, 3.8) is 0 Å². The van der Waals surface area contributed by atoms with Gasteiger partial charge in [-0.25, -0.2) is 4.98 Å². The minimum absolute atomic E-state index is 0.662. The first kappa shape index (κ1) is 14.7. The number of hydrogen-bond donors (Lipinski definition) is 1. The van der Waals surface area contributed by atoms with Gasteiger partial charge in [0.1, 0.15) is 5.01 Å². The molecule has 0 amide bonds. The molecule has 2 heterocycles. The van der Waals surface area contributed by atoms with Gasteiger partial charge in [-0.15, -0.1) is 11.3 Å². The monoisotopic (exact) mass is 423 g/mol. The molecule has 0 aliphatic carbocycles. The molecule has 6 heteroatoms. The molecule has 0 spiro atoms. The fraction of sp³-hybridized carbons (Fsp3) is 0.0667. The highest BCUT2D eigenvalue weighted by molar-refractivity contribution is 9.11. The Kier molecular flexibility index (Phi) is 4.67. The maximum atomic E-state index is 4.40. The third kappa shape index (κ3) is 3.70. The van der Waals surface area contributed by atoms with E-state index in [-0.39, 0.29) is 0 Å². The van der Waals surface area contributed by atoms with E-state index < -0.39 is 0 Å². The molecule has 0 radical (unpaired) electrons. The summed E-state index contributed by atoms with van der Waals surface area (Å²) in [6.45, 7) is 0.662. The summed E-state index contributed by atoms with van der Waals surface area (Å²) in [5.41, 5.74) is 3.15. The van der Waals surface area contributed by atoms with Crippen LogP contribution in [0.4, 0.5) is 5.69 Å². The van der Waals surface area contributed by atoms with Crippen LogP contribution in [-0.4, -0.2) is 9.97 Å². The molecule has 21 heavy (non-hydrogen) atoms. The van der Waals surface area contributed by atoms with Gasteiger partial charge in [-0.2, -0.15) is 0 Å². The fourth-order valence-electron chi connectivity index (χ4n) is 1.89. The van der Waals surface area contributed by atoms with E-state index in [0.29, 0.717) is 6.54 Å². The summed E-state index contributed by atoms with van der Waals surface area (Å²) >= 11 is 8.57. The molecular weight excluding hydrogens is 414 g/mol. The van der Waals surface area contributed by atoms with Crippen molar-refractivity contribution in [3.05, 3.63) is 62.7 Å². The first-order valence-electron chi connectivity index (χ1n) is 6.26. The molecule has 0 atom stereocenters. The molecule has 1 aromatic carbocycles. The van der Waals surface area contributed by atoms with Gasteiger partial charge in [0.25, 0.3) is 0 Å². The summed E-state index contributed by atoms with van der Waals surface area (Å²) in [6.07, 6.45) is 3.62. The lowest BCUT2D eigenvalue weighted by Gasteiger charge is -2.09. The van der Waals surface area contributed by atoms with Crippen LogP contribution in [0.3, 0.4) is 0 Å². The molecule has 0 bridgehead atoms. The van der Waals surface area contributed by atoms with Crippen molar-refractivity contribution in [2.24, 2.45) is 0 Å². The van der Waals surface area contributed by atoms with Gasteiger partial charge in [0.2, 0.25) is 0 Å². The number of halogens is 2. The maximum absolute atomic E-state index is 4.40. The zero-order valence-electron chi connectivity index (χ0n) is 10.9. The van der Waals surface area contributed by atoms with Crippen LogP contribution in [0.1, 0.15) is 5.69 Å². The summed E-state index contributed by atoms with van der Waals surface area (Å²) < 4.78 is 1.95. The van der Waals surface area contributed by atoms with Crippen LogP contribution in [0, 0.1) is 0 Å². The Labute approximate surface area is 143 Å². The number of nitrogens with one attached hydrogen (secondary N) is 1. The minimum Gasteiger partial charge on any atom is -0.379 e. The van der Waals surface area contributed by atoms with E-state index in [0.717, 1.165) is 30.9 Å². The summed E-state index contributed by atoms with van der Waals surface area (Å²) in [5, 5.41) is 6.41. The average molecular weight is 425 g/mol. The smallest absolute Gasteiger partial charge is 0.123 e. The van der Waals surface area contributed by atoms with E-state index >= 15 is 0 Å². The second-order valence-electron chi connectivity index (χ2n) is 4.35. The van der Waals surface area contributed by atoms with Crippen LogP contribution < -0.4 is 5.32 Å². The second kappa shape index (κ2) is 6.68. The number of rotatable bonds is 4. The number of pyridine rings is 1. The predicted octanol–water partition coefficient (Wildman–Crippen LogP) is 5.34. The van der Waals surface area contributed by atoms with Crippen LogP contribution in [0.2, 0.25) is 0 Å². The quantitative estimate of drug-likeness (QED) is 0.613. The normalized spacial score (nSPS) is 10.6. The Morgan fingerprint density at radius 2 is 2.05 bits per heavy atom. The van der Waals surface area contributed by atoms with E-state index in [9.17, 15) is 0 Å². The van der Waals surface area contributed by atoms with Gasteiger partial charge in [0.15, 0.2) is 0 Å². The van der Waals surface area contributed by atoms with Gasteiger partial charge < -0.3 is 5.32 Å². The van der Waals surface area contributed by atoms with Crippen LogP contribution in [0.5, 0.6) is 0 Å². The van der Waals surface area contributed by atoms with E-state index in [1.807, 2.05) is 29.8 Å². The van der Waals surface area contributed by atoms with Crippen LogP contribution >= 0.6 is 43.2 Å². The van der Waals surface area contributed by atoms with E-state index in [2.05, 4.69) is 59.3 Å². The lowest BCUT2D eigenvalue weighted by Crippen LogP contribution is -2.02. The standard InChI is InChI=1S/C15H11Br2N3S/c16-11-7-13(17)14(20-8-11)9-19-12-3-1-2-10(6-12)15-18-4-5-21-15/h1-8,19H,9H2. The van der Waals surface area contributed by atoms with Gasteiger partial charge in [-0.3, -0.25) is 4.98 Å². The molecule has 0 saturated carbocycles. The van der Waals surface area contributed by atoms with Crippen molar-refractivity contribution in [2.75, 3.05) is 5.32 Å². The molecule has 3 aromatic rings. The predicted molar refractivity (Wildman–Crippen MR) is 94.5 cm³/mol. The van der Waals surface area contributed by atoms with Gasteiger partial charge in [-0.05, 0) is 50.1 Å². The highest BCUT2D eigenvalue weighted by atomic mass is 79.9. The Bertz CT molecular complexity index is 744. The maximum Gasteiger partial charge on any atom is 0.123 e. The van der Waals surface area contributed by atoms with Crippen molar-refractivity contribution in [1.29, 1.82) is 0 Å². The molecule has 0 aliphatic rings. The molecule has 3 rings (SSSR count). The zero-order valence-corrected chi connectivity index (χ0v) is 14.9. The summed E-state index contributed by atoms with van der Waals surface area (Å²) in [7, 11) is 0. The molecule has 1 N–H and O–H groups in total. The van der Waals surface area contributed by atoms with Crippen LogP contribution in [0.15, 0.2) is 57.1 Å². The van der Waals surface area contributed by atoms with Gasteiger partial charge >= 0.3 is 0 Å². The molecule has 0 fully saturated rings.